The molecule has 1 aromatic carbocycles. The number of benzene rings is 1. The number of amides is 2. The lowest BCUT2D eigenvalue weighted by Gasteiger charge is -2.26. The van der Waals surface area contributed by atoms with Crippen molar-refractivity contribution < 1.29 is 9.59 Å². The summed E-state index contributed by atoms with van der Waals surface area (Å²) in [5.74, 6) is -0.391. The summed E-state index contributed by atoms with van der Waals surface area (Å²) in [6.45, 7) is 9.07. The van der Waals surface area contributed by atoms with Crippen molar-refractivity contribution in [2.24, 2.45) is 11.1 Å². The van der Waals surface area contributed by atoms with E-state index in [2.05, 4.69) is 10.6 Å². The van der Waals surface area contributed by atoms with Crippen molar-refractivity contribution in [3.05, 3.63) is 23.8 Å². The first-order chi connectivity index (χ1) is 9.11. The van der Waals surface area contributed by atoms with E-state index < -0.39 is 6.04 Å². The maximum Gasteiger partial charge on any atom is 0.241 e. The third kappa shape index (κ3) is 5.73. The number of nitrogens with two attached hydrogens (primary N) is 1. The van der Waals surface area contributed by atoms with E-state index in [4.69, 9.17) is 5.73 Å². The molecule has 2 amide bonds. The predicted octanol–water partition coefficient (Wildman–Crippen LogP) is 2.69. The molecule has 118 valence electrons. The molecule has 0 aliphatic carbocycles. The highest BCUT2D eigenvalue weighted by Gasteiger charge is 2.27. The van der Waals surface area contributed by atoms with Gasteiger partial charge in [-0.15, -0.1) is 12.4 Å². The highest BCUT2D eigenvalue weighted by Crippen LogP contribution is 2.23. The first-order valence-electron chi connectivity index (χ1n) is 6.56. The summed E-state index contributed by atoms with van der Waals surface area (Å²) in [7, 11) is 0. The number of anilines is 2. The smallest absolute Gasteiger partial charge is 0.241 e. The first kappa shape index (κ1) is 19.4. The van der Waals surface area contributed by atoms with Gasteiger partial charge in [-0.05, 0) is 30.0 Å². The fraction of sp³-hybridized carbons (Fsp3) is 0.467. The Morgan fingerprint density at radius 3 is 2.24 bits per heavy atom. The molecule has 0 radical (unpaired) electrons. The number of halogens is 1. The van der Waals surface area contributed by atoms with Crippen molar-refractivity contribution in [3.8, 4) is 0 Å². The van der Waals surface area contributed by atoms with Crippen molar-refractivity contribution in [3.63, 3.8) is 0 Å². The summed E-state index contributed by atoms with van der Waals surface area (Å²) in [6, 6.07) is 4.75. The molecule has 1 aromatic rings. The van der Waals surface area contributed by atoms with Gasteiger partial charge >= 0.3 is 0 Å². The van der Waals surface area contributed by atoms with Crippen LogP contribution in [0.3, 0.4) is 0 Å². The normalized spacial score (nSPS) is 12.1. The van der Waals surface area contributed by atoms with Gasteiger partial charge in [-0.2, -0.15) is 0 Å². The Morgan fingerprint density at radius 2 is 1.76 bits per heavy atom. The van der Waals surface area contributed by atoms with Crippen LogP contribution in [0.2, 0.25) is 0 Å². The summed E-state index contributed by atoms with van der Waals surface area (Å²) >= 11 is 0. The molecule has 6 heteroatoms. The lowest BCUT2D eigenvalue weighted by molar-refractivity contribution is -0.119. The molecule has 0 spiro atoms. The van der Waals surface area contributed by atoms with Crippen LogP contribution in [0.4, 0.5) is 11.4 Å². The Hall–Kier alpha value is -1.59. The molecule has 1 atom stereocenters. The van der Waals surface area contributed by atoms with Crippen molar-refractivity contribution in [2.45, 2.75) is 40.7 Å². The number of carbonyl (C=O) groups is 2. The van der Waals surface area contributed by atoms with Crippen LogP contribution < -0.4 is 16.4 Å². The molecule has 0 aliphatic heterocycles. The molecule has 0 aromatic heterocycles. The zero-order valence-corrected chi connectivity index (χ0v) is 13.9. The van der Waals surface area contributed by atoms with Gasteiger partial charge in [0.15, 0.2) is 0 Å². The van der Waals surface area contributed by atoms with Crippen LogP contribution in [0.1, 0.15) is 33.3 Å². The quantitative estimate of drug-likeness (QED) is 0.802. The van der Waals surface area contributed by atoms with Crippen LogP contribution in [0.15, 0.2) is 18.2 Å². The van der Waals surface area contributed by atoms with E-state index in [9.17, 15) is 9.59 Å². The number of aryl methyl sites for hydroxylation is 1. The number of hydrogen-bond acceptors (Lipinski definition) is 3. The highest BCUT2D eigenvalue weighted by atomic mass is 35.5. The molecule has 0 unspecified atom stereocenters. The van der Waals surface area contributed by atoms with E-state index in [-0.39, 0.29) is 29.6 Å². The van der Waals surface area contributed by atoms with Crippen LogP contribution >= 0.6 is 12.4 Å². The third-order valence-corrected chi connectivity index (χ3v) is 3.03. The molecule has 0 saturated carbocycles. The van der Waals surface area contributed by atoms with Gasteiger partial charge in [0.2, 0.25) is 11.8 Å². The Bertz CT molecular complexity index is 524. The lowest BCUT2D eigenvalue weighted by atomic mass is 9.87. The zero-order chi connectivity index (χ0) is 15.5. The van der Waals surface area contributed by atoms with E-state index in [0.717, 1.165) is 5.56 Å². The first-order valence-corrected chi connectivity index (χ1v) is 6.56. The van der Waals surface area contributed by atoms with Crippen LogP contribution in [0, 0.1) is 12.3 Å². The Balaban J connectivity index is 0.00000400. The van der Waals surface area contributed by atoms with Gasteiger partial charge < -0.3 is 16.4 Å². The maximum atomic E-state index is 12.1. The second kappa shape index (κ2) is 7.43. The maximum absolute atomic E-state index is 12.1. The number of nitrogens with one attached hydrogen (secondary N) is 2. The molecule has 0 saturated heterocycles. The minimum Gasteiger partial charge on any atom is -0.326 e. The third-order valence-electron chi connectivity index (χ3n) is 3.03. The van der Waals surface area contributed by atoms with Crippen LogP contribution in [0.5, 0.6) is 0 Å². The fourth-order valence-electron chi connectivity index (χ4n) is 1.64. The molecule has 0 fully saturated rings. The summed E-state index contributed by atoms with van der Waals surface area (Å²) in [6.07, 6.45) is 0. The summed E-state index contributed by atoms with van der Waals surface area (Å²) in [5.41, 5.74) is 7.82. The van der Waals surface area contributed by atoms with E-state index in [1.165, 1.54) is 6.92 Å². The monoisotopic (exact) mass is 313 g/mol. The van der Waals surface area contributed by atoms with Gasteiger partial charge in [0, 0.05) is 18.3 Å². The topological polar surface area (TPSA) is 84.2 Å². The van der Waals surface area contributed by atoms with E-state index >= 15 is 0 Å². The Labute approximate surface area is 132 Å². The number of carbonyl (C=O) groups excluding carboxylic acids is 2. The van der Waals surface area contributed by atoms with Gasteiger partial charge in [0.1, 0.15) is 0 Å². The van der Waals surface area contributed by atoms with Crippen molar-refractivity contribution >= 4 is 35.6 Å². The average Bonchev–Trinajstić information content (AvgIpc) is 2.30. The van der Waals surface area contributed by atoms with Gasteiger partial charge in [-0.25, -0.2) is 0 Å². The van der Waals surface area contributed by atoms with Gasteiger partial charge in [-0.3, -0.25) is 9.59 Å². The largest absolute Gasteiger partial charge is 0.326 e. The lowest BCUT2D eigenvalue weighted by Crippen LogP contribution is -2.45. The summed E-state index contributed by atoms with van der Waals surface area (Å²) < 4.78 is 0. The van der Waals surface area contributed by atoms with Crippen molar-refractivity contribution in [1.82, 2.24) is 0 Å². The molecular weight excluding hydrogens is 290 g/mol. The SMILES string of the molecule is CC(=O)Nc1ccc(C)c(NC(=O)[C@@H](N)C(C)(C)C)c1.Cl. The zero-order valence-electron chi connectivity index (χ0n) is 13.1. The van der Waals surface area contributed by atoms with Gasteiger partial charge in [0.05, 0.1) is 6.04 Å². The minimum atomic E-state index is -0.605. The van der Waals surface area contributed by atoms with E-state index in [1.54, 1.807) is 12.1 Å². The molecule has 0 heterocycles. The Kier molecular flexibility index (Phi) is 6.86. The van der Waals surface area contributed by atoms with Gasteiger partial charge in [0.25, 0.3) is 0 Å². The minimum absolute atomic E-state index is 0. The number of hydrogen-bond donors (Lipinski definition) is 3. The summed E-state index contributed by atoms with van der Waals surface area (Å²) in [5, 5.41) is 5.50. The molecule has 21 heavy (non-hydrogen) atoms. The number of rotatable bonds is 3. The molecule has 4 N–H and O–H groups in total. The van der Waals surface area contributed by atoms with Crippen LogP contribution in [0.25, 0.3) is 0 Å². The predicted molar refractivity (Wildman–Crippen MR) is 88.8 cm³/mol. The van der Waals surface area contributed by atoms with Crippen LogP contribution in [-0.4, -0.2) is 17.9 Å². The van der Waals surface area contributed by atoms with Crippen LogP contribution in [-0.2, 0) is 9.59 Å². The molecular formula is C15H24ClN3O2. The van der Waals surface area contributed by atoms with Crippen molar-refractivity contribution in [1.29, 1.82) is 0 Å². The molecule has 1 rings (SSSR count). The molecule has 0 aliphatic rings. The van der Waals surface area contributed by atoms with E-state index in [0.29, 0.717) is 11.4 Å². The van der Waals surface area contributed by atoms with Crippen molar-refractivity contribution in [2.75, 3.05) is 10.6 Å². The second-order valence-corrected chi connectivity index (χ2v) is 6.04. The highest BCUT2D eigenvalue weighted by molar-refractivity contribution is 5.97. The second-order valence-electron chi connectivity index (χ2n) is 6.04. The van der Waals surface area contributed by atoms with E-state index in [1.807, 2.05) is 33.8 Å². The molecule has 5 nitrogen and oxygen atoms in total. The Morgan fingerprint density at radius 1 is 1.19 bits per heavy atom. The standard InChI is InChI=1S/C15H23N3O2.ClH/c1-9-6-7-11(17-10(2)19)8-12(9)18-14(20)13(16)15(3,4)5;/h6-8,13H,16H2,1-5H3,(H,17,19)(H,18,20);1H/t13-;/m1./s1. The summed E-state index contributed by atoms with van der Waals surface area (Å²) in [4.78, 5) is 23.2. The average molecular weight is 314 g/mol. The molecule has 0 bridgehead atoms. The van der Waals surface area contributed by atoms with Gasteiger partial charge in [-0.1, -0.05) is 26.8 Å². The fourth-order valence-corrected chi connectivity index (χ4v) is 1.64.